The third kappa shape index (κ3) is 6.14. The van der Waals surface area contributed by atoms with Gasteiger partial charge in [0.1, 0.15) is 0 Å². The summed E-state index contributed by atoms with van der Waals surface area (Å²) < 4.78 is 26.6. The van der Waals surface area contributed by atoms with Gasteiger partial charge in [-0.2, -0.15) is 4.31 Å². The first-order valence-electron chi connectivity index (χ1n) is 10.4. The SMILES string of the molecule is CCN(CC)S(=O)(=O)c1ccc(C(C)NC(C)C(=O)NCc2ccc(C)cc2)cc1. The van der Waals surface area contributed by atoms with E-state index in [9.17, 15) is 13.2 Å². The minimum atomic E-state index is -3.47. The van der Waals surface area contributed by atoms with Crippen molar-refractivity contribution in [2.24, 2.45) is 0 Å². The van der Waals surface area contributed by atoms with Crippen LogP contribution in [0, 0.1) is 6.92 Å². The number of hydrogen-bond acceptors (Lipinski definition) is 4. The molecule has 2 rings (SSSR count). The fourth-order valence-electron chi connectivity index (χ4n) is 3.24. The first-order valence-corrected chi connectivity index (χ1v) is 11.8. The number of carbonyl (C=O) groups excluding carboxylic acids is 1. The molecule has 0 aliphatic heterocycles. The van der Waals surface area contributed by atoms with Crippen LogP contribution in [0.3, 0.4) is 0 Å². The lowest BCUT2D eigenvalue weighted by atomic mass is 10.1. The third-order valence-electron chi connectivity index (χ3n) is 5.20. The highest BCUT2D eigenvalue weighted by Gasteiger charge is 2.22. The summed E-state index contributed by atoms with van der Waals surface area (Å²) in [5, 5.41) is 6.22. The van der Waals surface area contributed by atoms with E-state index in [2.05, 4.69) is 10.6 Å². The summed E-state index contributed by atoms with van der Waals surface area (Å²) in [5.41, 5.74) is 3.16. The lowest BCUT2D eigenvalue weighted by Crippen LogP contribution is -2.42. The van der Waals surface area contributed by atoms with E-state index >= 15 is 0 Å². The Balaban J connectivity index is 1.95. The number of sulfonamides is 1. The molecule has 2 aromatic carbocycles. The van der Waals surface area contributed by atoms with Crippen LogP contribution >= 0.6 is 0 Å². The molecule has 0 saturated heterocycles. The molecule has 7 heteroatoms. The van der Waals surface area contributed by atoms with Crippen LogP contribution in [0.4, 0.5) is 0 Å². The van der Waals surface area contributed by atoms with Crippen LogP contribution in [0.1, 0.15) is 50.4 Å². The molecule has 0 aliphatic rings. The minimum Gasteiger partial charge on any atom is -0.351 e. The van der Waals surface area contributed by atoms with Crippen molar-refractivity contribution in [2.75, 3.05) is 13.1 Å². The largest absolute Gasteiger partial charge is 0.351 e. The van der Waals surface area contributed by atoms with E-state index < -0.39 is 10.0 Å². The molecule has 2 aromatic rings. The Hall–Kier alpha value is -2.22. The second-order valence-electron chi connectivity index (χ2n) is 7.47. The fourth-order valence-corrected chi connectivity index (χ4v) is 4.69. The van der Waals surface area contributed by atoms with Gasteiger partial charge in [0.15, 0.2) is 0 Å². The number of aryl methyl sites for hydroxylation is 1. The second kappa shape index (κ2) is 10.7. The van der Waals surface area contributed by atoms with Crippen molar-refractivity contribution in [1.82, 2.24) is 14.9 Å². The Morgan fingerprint density at radius 2 is 1.53 bits per heavy atom. The number of amides is 1. The zero-order valence-corrected chi connectivity index (χ0v) is 19.3. The molecule has 0 heterocycles. The highest BCUT2D eigenvalue weighted by Crippen LogP contribution is 2.19. The lowest BCUT2D eigenvalue weighted by Gasteiger charge is -2.21. The fraction of sp³-hybridized carbons (Fsp3) is 0.435. The summed E-state index contributed by atoms with van der Waals surface area (Å²) in [4.78, 5) is 12.7. The third-order valence-corrected chi connectivity index (χ3v) is 7.27. The van der Waals surface area contributed by atoms with Crippen molar-refractivity contribution >= 4 is 15.9 Å². The standard InChI is InChI=1S/C23H33N3O3S/c1-6-26(7-2)30(28,29)22-14-12-21(13-15-22)18(4)25-19(5)23(27)24-16-20-10-8-17(3)9-11-20/h8-15,18-19,25H,6-7,16H2,1-5H3,(H,24,27). The van der Waals surface area contributed by atoms with Crippen LogP contribution in [0.2, 0.25) is 0 Å². The summed E-state index contributed by atoms with van der Waals surface area (Å²) >= 11 is 0. The van der Waals surface area contributed by atoms with E-state index in [0.717, 1.165) is 11.1 Å². The van der Waals surface area contributed by atoms with Crippen LogP contribution < -0.4 is 10.6 Å². The molecule has 30 heavy (non-hydrogen) atoms. The zero-order chi connectivity index (χ0) is 22.3. The molecular weight excluding hydrogens is 398 g/mol. The normalized spacial score (nSPS) is 13.8. The predicted octanol–water partition coefficient (Wildman–Crippen LogP) is 3.38. The molecule has 1 amide bonds. The number of nitrogens with zero attached hydrogens (tertiary/aromatic N) is 1. The van der Waals surface area contributed by atoms with Crippen molar-refractivity contribution in [1.29, 1.82) is 0 Å². The molecule has 2 N–H and O–H groups in total. The van der Waals surface area contributed by atoms with E-state index in [0.29, 0.717) is 19.6 Å². The molecule has 0 saturated carbocycles. The first kappa shape index (κ1) is 24.1. The van der Waals surface area contributed by atoms with E-state index in [1.165, 1.54) is 9.87 Å². The Bertz CT molecular complexity index is 921. The number of nitrogens with one attached hydrogen (secondary N) is 2. The first-order chi connectivity index (χ1) is 14.2. The van der Waals surface area contributed by atoms with Crippen molar-refractivity contribution in [2.45, 2.75) is 58.1 Å². The van der Waals surface area contributed by atoms with Gasteiger partial charge < -0.3 is 5.32 Å². The van der Waals surface area contributed by atoms with Crippen molar-refractivity contribution in [3.63, 3.8) is 0 Å². The molecule has 0 radical (unpaired) electrons. The van der Waals surface area contributed by atoms with Gasteiger partial charge in [-0.25, -0.2) is 8.42 Å². The molecule has 0 aromatic heterocycles. The van der Waals surface area contributed by atoms with E-state index in [1.807, 2.05) is 58.9 Å². The van der Waals surface area contributed by atoms with Gasteiger partial charge >= 0.3 is 0 Å². The number of rotatable bonds is 10. The maximum Gasteiger partial charge on any atom is 0.243 e. The zero-order valence-electron chi connectivity index (χ0n) is 18.5. The van der Waals surface area contributed by atoms with Gasteiger partial charge in [0.2, 0.25) is 15.9 Å². The highest BCUT2D eigenvalue weighted by atomic mass is 32.2. The summed E-state index contributed by atoms with van der Waals surface area (Å²) in [6.07, 6.45) is 0. The molecule has 0 aliphatic carbocycles. The van der Waals surface area contributed by atoms with Crippen LogP contribution in [-0.2, 0) is 21.4 Å². The van der Waals surface area contributed by atoms with Crippen LogP contribution in [0.25, 0.3) is 0 Å². The van der Waals surface area contributed by atoms with E-state index in [4.69, 9.17) is 0 Å². The molecule has 0 bridgehead atoms. The van der Waals surface area contributed by atoms with Crippen LogP contribution in [0.5, 0.6) is 0 Å². The summed E-state index contributed by atoms with van der Waals surface area (Å²) in [6, 6.07) is 14.4. The quantitative estimate of drug-likeness (QED) is 0.604. The Kier molecular flexibility index (Phi) is 8.58. The summed E-state index contributed by atoms with van der Waals surface area (Å²) in [5.74, 6) is -0.0804. The topological polar surface area (TPSA) is 78.5 Å². The Labute approximate surface area is 180 Å². The second-order valence-corrected chi connectivity index (χ2v) is 9.41. The van der Waals surface area contributed by atoms with Gasteiger partial charge in [-0.3, -0.25) is 10.1 Å². The number of hydrogen-bond donors (Lipinski definition) is 2. The van der Waals surface area contributed by atoms with Crippen molar-refractivity contribution in [3.8, 4) is 0 Å². The van der Waals surface area contributed by atoms with Gasteiger partial charge in [0, 0.05) is 25.7 Å². The summed E-state index contributed by atoms with van der Waals surface area (Å²) in [7, 11) is -3.47. The molecule has 2 unspecified atom stereocenters. The van der Waals surface area contributed by atoms with Gasteiger partial charge in [-0.15, -0.1) is 0 Å². The maximum atomic E-state index is 12.6. The predicted molar refractivity (Wildman–Crippen MR) is 121 cm³/mol. The average Bonchev–Trinajstić information content (AvgIpc) is 2.73. The molecule has 0 spiro atoms. The number of carbonyl (C=O) groups is 1. The molecular formula is C23H33N3O3S. The van der Waals surface area contributed by atoms with Crippen molar-refractivity contribution in [3.05, 3.63) is 65.2 Å². The molecule has 0 fully saturated rings. The molecule has 6 nitrogen and oxygen atoms in total. The van der Waals surface area contributed by atoms with Gasteiger partial charge in [-0.1, -0.05) is 55.8 Å². The smallest absolute Gasteiger partial charge is 0.243 e. The van der Waals surface area contributed by atoms with Crippen molar-refractivity contribution < 1.29 is 13.2 Å². The van der Waals surface area contributed by atoms with Gasteiger partial charge in [0.05, 0.1) is 10.9 Å². The van der Waals surface area contributed by atoms with E-state index in [-0.39, 0.29) is 22.9 Å². The van der Waals surface area contributed by atoms with E-state index in [1.54, 1.807) is 24.3 Å². The summed E-state index contributed by atoms with van der Waals surface area (Å²) in [6.45, 7) is 10.8. The highest BCUT2D eigenvalue weighted by molar-refractivity contribution is 7.89. The average molecular weight is 432 g/mol. The lowest BCUT2D eigenvalue weighted by molar-refractivity contribution is -0.123. The molecule has 164 valence electrons. The van der Waals surface area contributed by atoms with Gasteiger partial charge in [-0.05, 0) is 44.0 Å². The van der Waals surface area contributed by atoms with Gasteiger partial charge in [0.25, 0.3) is 0 Å². The van der Waals surface area contributed by atoms with Crippen LogP contribution in [-0.4, -0.2) is 37.8 Å². The monoisotopic (exact) mass is 431 g/mol. The Morgan fingerprint density at radius 1 is 0.967 bits per heavy atom. The maximum absolute atomic E-state index is 12.6. The van der Waals surface area contributed by atoms with Crippen LogP contribution in [0.15, 0.2) is 53.4 Å². The Morgan fingerprint density at radius 3 is 2.07 bits per heavy atom. The number of benzene rings is 2. The molecule has 2 atom stereocenters. The minimum absolute atomic E-state index is 0.0804.